The number of nitrogens with zero attached hydrogens (tertiary/aromatic N) is 2. The van der Waals surface area contributed by atoms with E-state index in [-0.39, 0.29) is 29.0 Å². The number of allylic oxidation sites excluding steroid dienone is 1. The lowest BCUT2D eigenvalue weighted by molar-refractivity contribution is -0.124. The van der Waals surface area contributed by atoms with Crippen molar-refractivity contribution >= 4 is 39.1 Å². The molecule has 1 heterocycles. The molecular weight excluding hydrogens is 520 g/mol. The van der Waals surface area contributed by atoms with Crippen LogP contribution < -0.4 is 10.6 Å². The fourth-order valence-electron chi connectivity index (χ4n) is 4.69. The third kappa shape index (κ3) is 7.12. The molecule has 0 bridgehead atoms. The van der Waals surface area contributed by atoms with E-state index in [0.717, 1.165) is 54.0 Å². The molecule has 2 aliphatic rings. The molecule has 190 valence electrons. The van der Waals surface area contributed by atoms with Gasteiger partial charge in [-0.2, -0.15) is 0 Å². The van der Waals surface area contributed by atoms with Crippen LogP contribution in [0.1, 0.15) is 29.9 Å². The molecule has 1 amide bonds. The molecule has 0 unspecified atom stereocenters. The zero-order chi connectivity index (χ0) is 25.5. The number of hydrogen-bond donors (Lipinski definition) is 2. The van der Waals surface area contributed by atoms with Gasteiger partial charge in [0.05, 0.1) is 12.1 Å². The SMILES string of the molecule is Cc1ccc(NC(=O)CN2CCN(CCNC=C3C(=O)CC(c4ccccc4Br)CC3=O)CC2)cc1. The predicted molar refractivity (Wildman–Crippen MR) is 145 cm³/mol. The first kappa shape index (κ1) is 26.3. The van der Waals surface area contributed by atoms with Gasteiger partial charge >= 0.3 is 0 Å². The third-order valence-electron chi connectivity index (χ3n) is 6.80. The van der Waals surface area contributed by atoms with Crippen molar-refractivity contribution in [2.24, 2.45) is 0 Å². The summed E-state index contributed by atoms with van der Waals surface area (Å²) in [6, 6.07) is 15.6. The highest BCUT2D eigenvalue weighted by atomic mass is 79.9. The Morgan fingerprint density at radius 2 is 1.61 bits per heavy atom. The number of aryl methyl sites for hydroxylation is 1. The van der Waals surface area contributed by atoms with Crippen molar-refractivity contribution in [1.29, 1.82) is 0 Å². The van der Waals surface area contributed by atoms with Crippen LogP contribution in [0.5, 0.6) is 0 Å². The van der Waals surface area contributed by atoms with Crippen LogP contribution in [0.25, 0.3) is 0 Å². The van der Waals surface area contributed by atoms with Gasteiger partial charge < -0.3 is 10.6 Å². The Hall–Kier alpha value is -2.81. The van der Waals surface area contributed by atoms with Gasteiger partial charge in [0, 0.05) is 68.5 Å². The predicted octanol–water partition coefficient (Wildman–Crippen LogP) is 3.50. The molecule has 4 rings (SSSR count). The molecule has 2 aromatic rings. The molecule has 2 N–H and O–H groups in total. The Bertz CT molecular complexity index is 1100. The fourth-order valence-corrected chi connectivity index (χ4v) is 5.30. The number of ketones is 2. The van der Waals surface area contributed by atoms with E-state index in [9.17, 15) is 14.4 Å². The summed E-state index contributed by atoms with van der Waals surface area (Å²) in [7, 11) is 0. The number of nitrogens with one attached hydrogen (secondary N) is 2. The molecule has 8 heteroatoms. The quantitative estimate of drug-likeness (QED) is 0.296. The Kier molecular flexibility index (Phi) is 9.07. The first-order chi connectivity index (χ1) is 17.4. The largest absolute Gasteiger partial charge is 0.389 e. The zero-order valence-electron chi connectivity index (χ0n) is 20.6. The lowest BCUT2D eigenvalue weighted by atomic mass is 9.80. The Labute approximate surface area is 221 Å². The number of benzene rings is 2. The van der Waals surface area contributed by atoms with E-state index < -0.39 is 0 Å². The van der Waals surface area contributed by atoms with Crippen molar-refractivity contribution in [2.45, 2.75) is 25.7 Å². The Balaban J connectivity index is 1.16. The van der Waals surface area contributed by atoms with Crippen molar-refractivity contribution in [2.75, 3.05) is 51.1 Å². The molecule has 36 heavy (non-hydrogen) atoms. The molecule has 1 saturated carbocycles. The summed E-state index contributed by atoms with van der Waals surface area (Å²) in [5, 5.41) is 6.13. The number of hydrogen-bond acceptors (Lipinski definition) is 6. The molecule has 2 fully saturated rings. The average Bonchev–Trinajstić information content (AvgIpc) is 2.85. The summed E-state index contributed by atoms with van der Waals surface area (Å²) < 4.78 is 0.938. The monoisotopic (exact) mass is 552 g/mol. The van der Waals surface area contributed by atoms with Gasteiger partial charge in [-0.15, -0.1) is 0 Å². The van der Waals surface area contributed by atoms with Crippen molar-refractivity contribution in [1.82, 2.24) is 15.1 Å². The lowest BCUT2D eigenvalue weighted by Gasteiger charge is -2.34. The standard InChI is InChI=1S/C28H33BrN4O3/c1-20-6-8-22(9-7-20)31-28(36)19-33-14-12-32(13-15-33)11-10-30-18-24-26(34)16-21(17-27(24)35)23-4-2-3-5-25(23)29/h2-9,18,21,30H,10-17,19H2,1H3,(H,31,36). The third-order valence-corrected chi connectivity index (χ3v) is 7.52. The first-order valence-electron chi connectivity index (χ1n) is 12.4. The minimum atomic E-state index is -0.1000. The van der Waals surface area contributed by atoms with Crippen molar-refractivity contribution in [3.05, 3.63) is 75.9 Å². The first-order valence-corrected chi connectivity index (χ1v) is 13.2. The van der Waals surface area contributed by atoms with E-state index in [1.807, 2.05) is 55.5 Å². The van der Waals surface area contributed by atoms with Crippen molar-refractivity contribution < 1.29 is 14.4 Å². The molecule has 0 spiro atoms. The number of Topliss-reactive ketones (excluding diaryl/α,β-unsaturated/α-hetero) is 2. The smallest absolute Gasteiger partial charge is 0.238 e. The minimum Gasteiger partial charge on any atom is -0.389 e. The Morgan fingerprint density at radius 1 is 0.972 bits per heavy atom. The summed E-state index contributed by atoms with van der Waals surface area (Å²) >= 11 is 3.53. The summed E-state index contributed by atoms with van der Waals surface area (Å²) in [6.45, 7) is 7.29. The molecule has 0 aromatic heterocycles. The Morgan fingerprint density at radius 3 is 2.28 bits per heavy atom. The second-order valence-corrected chi connectivity index (χ2v) is 10.4. The van der Waals surface area contributed by atoms with Gasteiger partial charge in [-0.3, -0.25) is 24.2 Å². The van der Waals surface area contributed by atoms with E-state index in [1.165, 1.54) is 0 Å². The molecule has 1 aliphatic heterocycles. The highest BCUT2D eigenvalue weighted by molar-refractivity contribution is 9.10. The summed E-state index contributed by atoms with van der Waals surface area (Å²) in [6.07, 6.45) is 2.30. The molecule has 1 aliphatic carbocycles. The van der Waals surface area contributed by atoms with Gasteiger partial charge in [-0.1, -0.05) is 51.8 Å². The van der Waals surface area contributed by atoms with Crippen LogP contribution >= 0.6 is 15.9 Å². The maximum atomic E-state index is 12.7. The average molecular weight is 554 g/mol. The highest BCUT2D eigenvalue weighted by Gasteiger charge is 2.32. The summed E-state index contributed by atoms with van der Waals surface area (Å²) in [5.74, 6) is -0.272. The number of anilines is 1. The van der Waals surface area contributed by atoms with Crippen LogP contribution in [-0.4, -0.2) is 73.1 Å². The van der Waals surface area contributed by atoms with Crippen LogP contribution in [-0.2, 0) is 14.4 Å². The van der Waals surface area contributed by atoms with Gasteiger partial charge in [-0.05, 0) is 36.6 Å². The fraction of sp³-hybridized carbons (Fsp3) is 0.393. The maximum Gasteiger partial charge on any atom is 0.238 e. The second-order valence-electron chi connectivity index (χ2n) is 9.52. The van der Waals surface area contributed by atoms with E-state index >= 15 is 0 Å². The van der Waals surface area contributed by atoms with E-state index in [0.29, 0.717) is 25.9 Å². The normalized spacial score (nSPS) is 19.3. The zero-order valence-corrected chi connectivity index (χ0v) is 22.2. The summed E-state index contributed by atoms with van der Waals surface area (Å²) in [4.78, 5) is 42.1. The highest BCUT2D eigenvalue weighted by Crippen LogP contribution is 2.35. The van der Waals surface area contributed by atoms with Gasteiger partial charge in [0.1, 0.15) is 0 Å². The van der Waals surface area contributed by atoms with Crippen LogP contribution in [0, 0.1) is 6.92 Å². The maximum absolute atomic E-state index is 12.7. The van der Waals surface area contributed by atoms with Crippen molar-refractivity contribution in [3.8, 4) is 0 Å². The van der Waals surface area contributed by atoms with Gasteiger partial charge in [0.25, 0.3) is 0 Å². The van der Waals surface area contributed by atoms with Crippen LogP contribution in [0.4, 0.5) is 5.69 Å². The van der Waals surface area contributed by atoms with Gasteiger partial charge in [-0.25, -0.2) is 0 Å². The molecule has 7 nitrogen and oxygen atoms in total. The number of halogens is 1. The molecule has 2 aromatic carbocycles. The van der Waals surface area contributed by atoms with Crippen LogP contribution in [0.15, 0.2) is 64.8 Å². The number of amides is 1. The number of carbonyl (C=O) groups excluding carboxylic acids is 3. The van der Waals surface area contributed by atoms with Gasteiger partial charge in [0.2, 0.25) is 5.91 Å². The molecule has 0 atom stereocenters. The molecular formula is C28H33BrN4O3. The summed E-state index contributed by atoms with van der Waals surface area (Å²) in [5.41, 5.74) is 3.28. The topological polar surface area (TPSA) is 81.8 Å². The van der Waals surface area contributed by atoms with E-state index in [4.69, 9.17) is 0 Å². The van der Waals surface area contributed by atoms with Gasteiger partial charge in [0.15, 0.2) is 11.6 Å². The molecule has 0 radical (unpaired) electrons. The molecule has 1 saturated heterocycles. The minimum absolute atomic E-state index is 0.00396. The number of rotatable bonds is 8. The van der Waals surface area contributed by atoms with Crippen LogP contribution in [0.2, 0.25) is 0 Å². The van der Waals surface area contributed by atoms with Crippen molar-refractivity contribution in [3.63, 3.8) is 0 Å². The van der Waals surface area contributed by atoms with Crippen LogP contribution in [0.3, 0.4) is 0 Å². The lowest BCUT2D eigenvalue weighted by Crippen LogP contribution is -2.49. The number of piperazine rings is 1. The van der Waals surface area contributed by atoms with E-state index in [2.05, 4.69) is 36.4 Å². The van der Waals surface area contributed by atoms with E-state index in [1.54, 1.807) is 6.20 Å². The number of carbonyl (C=O) groups is 3. The second kappa shape index (κ2) is 12.4.